The molecule has 0 fully saturated rings. The van der Waals surface area contributed by atoms with Crippen LogP contribution in [0.3, 0.4) is 0 Å². The summed E-state index contributed by atoms with van der Waals surface area (Å²) in [5, 5.41) is 5.62. The first-order valence-corrected chi connectivity index (χ1v) is 7.11. The Morgan fingerprint density at radius 3 is 2.52 bits per heavy atom. The molecule has 0 unspecified atom stereocenters. The molecule has 2 aromatic rings. The fourth-order valence-electron chi connectivity index (χ4n) is 1.99. The summed E-state index contributed by atoms with van der Waals surface area (Å²) in [6.07, 6.45) is -4.53. The number of aryl methyl sites for hydroxylation is 1. The van der Waals surface area contributed by atoms with Crippen LogP contribution >= 0.6 is 11.6 Å². The summed E-state index contributed by atoms with van der Waals surface area (Å²) >= 11 is 5.87. The molecule has 0 bridgehead atoms. The minimum atomic E-state index is -4.53. The van der Waals surface area contributed by atoms with Crippen LogP contribution < -0.4 is 10.6 Å². The predicted octanol–water partition coefficient (Wildman–Crippen LogP) is 4.72. The summed E-state index contributed by atoms with van der Waals surface area (Å²) in [4.78, 5) is 11.9. The quantitative estimate of drug-likeness (QED) is 0.844. The van der Waals surface area contributed by atoms with Crippen LogP contribution in [0, 0.1) is 6.92 Å². The first kappa shape index (κ1) is 17.1. The highest BCUT2D eigenvalue weighted by atomic mass is 35.5. The van der Waals surface area contributed by atoms with Crippen molar-refractivity contribution in [1.29, 1.82) is 0 Å². The van der Waals surface area contributed by atoms with Crippen molar-refractivity contribution in [3.05, 3.63) is 58.6 Å². The molecule has 0 saturated carbocycles. The van der Waals surface area contributed by atoms with E-state index in [1.807, 2.05) is 6.92 Å². The minimum Gasteiger partial charge on any atom is -0.376 e. The number of halogens is 4. The van der Waals surface area contributed by atoms with E-state index >= 15 is 0 Å². The zero-order valence-electron chi connectivity index (χ0n) is 12.2. The molecule has 0 aliphatic rings. The third-order valence-electron chi connectivity index (χ3n) is 3.15. The van der Waals surface area contributed by atoms with Gasteiger partial charge in [-0.3, -0.25) is 4.79 Å². The largest absolute Gasteiger partial charge is 0.418 e. The molecule has 23 heavy (non-hydrogen) atoms. The van der Waals surface area contributed by atoms with Crippen molar-refractivity contribution in [3.63, 3.8) is 0 Å². The van der Waals surface area contributed by atoms with Gasteiger partial charge in [-0.25, -0.2) is 0 Å². The first-order chi connectivity index (χ1) is 10.8. The standard InChI is InChI=1S/C16H14ClF3N2O/c1-10-6-7-11(17)8-14(10)21-9-15(23)22-13-5-3-2-4-12(13)16(18,19)20/h2-8,21H,9H2,1H3,(H,22,23). The molecule has 2 rings (SSSR count). The highest BCUT2D eigenvalue weighted by Crippen LogP contribution is 2.34. The average molecular weight is 343 g/mol. The van der Waals surface area contributed by atoms with Gasteiger partial charge in [-0.1, -0.05) is 29.8 Å². The monoisotopic (exact) mass is 342 g/mol. The van der Waals surface area contributed by atoms with Gasteiger partial charge in [-0.05, 0) is 36.8 Å². The van der Waals surface area contributed by atoms with E-state index in [-0.39, 0.29) is 12.2 Å². The molecule has 1 amide bonds. The molecule has 0 heterocycles. The van der Waals surface area contributed by atoms with Gasteiger partial charge in [0.15, 0.2) is 0 Å². The number of carbonyl (C=O) groups excluding carboxylic acids is 1. The number of hydrogen-bond donors (Lipinski definition) is 2. The van der Waals surface area contributed by atoms with Crippen LogP contribution in [0.2, 0.25) is 5.02 Å². The molecule has 0 spiro atoms. The Labute approximate surface area is 136 Å². The van der Waals surface area contributed by atoms with Crippen molar-refractivity contribution in [2.75, 3.05) is 17.2 Å². The van der Waals surface area contributed by atoms with Crippen molar-refractivity contribution in [3.8, 4) is 0 Å². The van der Waals surface area contributed by atoms with Crippen LogP contribution in [0.5, 0.6) is 0 Å². The van der Waals surface area contributed by atoms with Gasteiger partial charge in [0.05, 0.1) is 17.8 Å². The molecule has 0 aliphatic carbocycles. The predicted molar refractivity (Wildman–Crippen MR) is 84.8 cm³/mol. The maximum Gasteiger partial charge on any atom is 0.418 e. The molecule has 0 atom stereocenters. The second kappa shape index (κ2) is 6.91. The Hall–Kier alpha value is -2.21. The van der Waals surface area contributed by atoms with Gasteiger partial charge >= 0.3 is 6.18 Å². The van der Waals surface area contributed by atoms with E-state index in [4.69, 9.17) is 11.6 Å². The zero-order chi connectivity index (χ0) is 17.0. The normalized spacial score (nSPS) is 11.2. The SMILES string of the molecule is Cc1ccc(Cl)cc1NCC(=O)Nc1ccccc1C(F)(F)F. The van der Waals surface area contributed by atoms with Gasteiger partial charge in [0.25, 0.3) is 0 Å². The fraction of sp³-hybridized carbons (Fsp3) is 0.188. The van der Waals surface area contributed by atoms with Gasteiger partial charge in [-0.2, -0.15) is 13.2 Å². The van der Waals surface area contributed by atoms with E-state index in [0.29, 0.717) is 10.7 Å². The molecule has 7 heteroatoms. The van der Waals surface area contributed by atoms with E-state index in [0.717, 1.165) is 11.6 Å². The van der Waals surface area contributed by atoms with Crippen molar-refractivity contribution >= 4 is 28.9 Å². The summed E-state index contributed by atoms with van der Waals surface area (Å²) in [6, 6.07) is 9.97. The highest BCUT2D eigenvalue weighted by molar-refractivity contribution is 6.30. The molecule has 122 valence electrons. The molecule has 2 aromatic carbocycles. The van der Waals surface area contributed by atoms with E-state index < -0.39 is 17.6 Å². The minimum absolute atomic E-state index is 0.173. The van der Waals surface area contributed by atoms with Gasteiger partial charge in [-0.15, -0.1) is 0 Å². The van der Waals surface area contributed by atoms with Crippen molar-refractivity contribution in [2.24, 2.45) is 0 Å². The number of nitrogens with one attached hydrogen (secondary N) is 2. The van der Waals surface area contributed by atoms with Gasteiger partial charge in [0.2, 0.25) is 5.91 Å². The lowest BCUT2D eigenvalue weighted by molar-refractivity contribution is -0.137. The lowest BCUT2D eigenvalue weighted by atomic mass is 10.1. The first-order valence-electron chi connectivity index (χ1n) is 6.73. The second-order valence-corrected chi connectivity index (χ2v) is 5.34. The molecule has 3 nitrogen and oxygen atoms in total. The zero-order valence-corrected chi connectivity index (χ0v) is 12.9. The average Bonchev–Trinajstić information content (AvgIpc) is 2.47. The van der Waals surface area contributed by atoms with Crippen LogP contribution in [0.1, 0.15) is 11.1 Å². The lowest BCUT2D eigenvalue weighted by Crippen LogP contribution is -2.23. The van der Waals surface area contributed by atoms with Crippen molar-refractivity contribution in [2.45, 2.75) is 13.1 Å². The second-order valence-electron chi connectivity index (χ2n) is 4.90. The van der Waals surface area contributed by atoms with E-state index in [2.05, 4.69) is 10.6 Å². The number of alkyl halides is 3. The van der Waals surface area contributed by atoms with Crippen molar-refractivity contribution in [1.82, 2.24) is 0 Å². The Morgan fingerprint density at radius 1 is 1.13 bits per heavy atom. The van der Waals surface area contributed by atoms with Crippen LogP contribution in [-0.4, -0.2) is 12.5 Å². The Morgan fingerprint density at radius 2 is 1.83 bits per heavy atom. The summed E-state index contributed by atoms with van der Waals surface area (Å²) in [5.41, 5.74) is 0.372. The maximum atomic E-state index is 12.9. The number of benzene rings is 2. The number of anilines is 2. The fourth-order valence-corrected chi connectivity index (χ4v) is 2.17. The third-order valence-corrected chi connectivity index (χ3v) is 3.38. The number of amides is 1. The van der Waals surface area contributed by atoms with Crippen LogP contribution in [-0.2, 0) is 11.0 Å². The van der Waals surface area contributed by atoms with E-state index in [1.54, 1.807) is 18.2 Å². The molecule has 2 N–H and O–H groups in total. The van der Waals surface area contributed by atoms with E-state index in [9.17, 15) is 18.0 Å². The van der Waals surface area contributed by atoms with Gasteiger partial charge in [0, 0.05) is 10.7 Å². The Kier molecular flexibility index (Phi) is 5.15. The Bertz CT molecular complexity index is 717. The van der Waals surface area contributed by atoms with E-state index in [1.165, 1.54) is 18.2 Å². The smallest absolute Gasteiger partial charge is 0.376 e. The lowest BCUT2D eigenvalue weighted by Gasteiger charge is -2.14. The maximum absolute atomic E-state index is 12.9. The summed E-state index contributed by atoms with van der Waals surface area (Å²) in [6.45, 7) is 1.66. The molecule has 0 aliphatic heterocycles. The number of hydrogen-bond acceptors (Lipinski definition) is 2. The number of para-hydroxylation sites is 1. The number of rotatable bonds is 4. The summed E-state index contributed by atoms with van der Waals surface area (Å²) in [5.74, 6) is -0.582. The molecule has 0 aromatic heterocycles. The third kappa shape index (κ3) is 4.63. The topological polar surface area (TPSA) is 41.1 Å². The summed E-state index contributed by atoms with van der Waals surface area (Å²) in [7, 11) is 0. The Balaban J connectivity index is 2.05. The molecule has 0 saturated heterocycles. The number of carbonyl (C=O) groups is 1. The van der Waals surface area contributed by atoms with Crippen LogP contribution in [0.25, 0.3) is 0 Å². The van der Waals surface area contributed by atoms with Crippen LogP contribution in [0.15, 0.2) is 42.5 Å². The van der Waals surface area contributed by atoms with Crippen LogP contribution in [0.4, 0.5) is 24.5 Å². The highest BCUT2D eigenvalue weighted by Gasteiger charge is 2.33. The molecular weight excluding hydrogens is 329 g/mol. The molecular formula is C16H14ClF3N2O. The van der Waals surface area contributed by atoms with Crippen molar-refractivity contribution < 1.29 is 18.0 Å². The molecule has 0 radical (unpaired) electrons. The van der Waals surface area contributed by atoms with Gasteiger partial charge < -0.3 is 10.6 Å². The summed E-state index contributed by atoms with van der Waals surface area (Å²) < 4.78 is 38.6. The van der Waals surface area contributed by atoms with Gasteiger partial charge in [0.1, 0.15) is 0 Å².